The summed E-state index contributed by atoms with van der Waals surface area (Å²) in [5.74, 6) is 1.48. The highest BCUT2D eigenvalue weighted by atomic mass is 14.9. The Kier molecular flexibility index (Phi) is 9.05. The van der Waals surface area contributed by atoms with Crippen LogP contribution in [-0.2, 0) is 0 Å². The molecule has 0 amide bonds. The third-order valence-electron chi connectivity index (χ3n) is 15.2. The van der Waals surface area contributed by atoms with E-state index in [9.17, 15) is 0 Å². The van der Waals surface area contributed by atoms with Crippen molar-refractivity contribution in [3.8, 4) is 67.8 Å². The van der Waals surface area contributed by atoms with Crippen LogP contribution in [-0.4, -0.2) is 19.9 Å². The Balaban J connectivity index is 0.883. The predicted octanol–water partition coefficient (Wildman–Crippen LogP) is 16.9. The van der Waals surface area contributed by atoms with E-state index in [-0.39, 0.29) is 11.8 Å². The molecule has 2 heterocycles. The van der Waals surface area contributed by atoms with Crippen molar-refractivity contribution in [3.63, 3.8) is 0 Å². The van der Waals surface area contributed by atoms with Gasteiger partial charge in [0.1, 0.15) is 0 Å². The van der Waals surface area contributed by atoms with Crippen molar-refractivity contribution in [3.05, 3.63) is 276 Å². The van der Waals surface area contributed by atoms with E-state index in [0.29, 0.717) is 11.6 Å². The second-order valence-corrected chi connectivity index (χ2v) is 19.2. The van der Waals surface area contributed by atoms with Gasteiger partial charge >= 0.3 is 0 Å². The molecule has 3 aliphatic rings. The molecule has 2 atom stereocenters. The Morgan fingerprint density at radius 2 is 0.569 bits per heavy atom. The average molecular weight is 915 g/mol. The van der Waals surface area contributed by atoms with Gasteiger partial charge in [0.05, 0.1) is 22.8 Å². The van der Waals surface area contributed by atoms with Crippen LogP contribution >= 0.6 is 0 Å². The number of hydrogen-bond donors (Lipinski definition) is 0. The first-order valence-electron chi connectivity index (χ1n) is 24.8. The van der Waals surface area contributed by atoms with Gasteiger partial charge in [-0.25, -0.2) is 19.9 Å². The fraction of sp³-hybridized carbons (Fsp3) is 0.0294. The smallest absolute Gasteiger partial charge is 0.160 e. The highest BCUT2D eigenvalue weighted by molar-refractivity contribution is 6.14. The molecule has 0 fully saturated rings. The Labute approximate surface area is 416 Å². The van der Waals surface area contributed by atoms with Crippen molar-refractivity contribution in [1.29, 1.82) is 0 Å². The lowest BCUT2D eigenvalue weighted by Gasteiger charge is -2.42. The van der Waals surface area contributed by atoms with Crippen molar-refractivity contribution in [2.45, 2.75) is 11.8 Å². The molecule has 4 nitrogen and oxygen atoms in total. The summed E-state index contributed by atoms with van der Waals surface area (Å²) in [6.07, 6.45) is 0. The van der Waals surface area contributed by atoms with Crippen LogP contribution in [0.4, 0.5) is 0 Å². The first-order valence-corrected chi connectivity index (χ1v) is 24.8. The minimum Gasteiger partial charge on any atom is -0.228 e. The Morgan fingerprint density at radius 1 is 0.222 bits per heavy atom. The Bertz CT molecular complexity index is 4070. The lowest BCUT2D eigenvalue weighted by atomic mass is 9.61. The van der Waals surface area contributed by atoms with Crippen molar-refractivity contribution in [1.82, 2.24) is 19.9 Å². The third-order valence-corrected chi connectivity index (χ3v) is 15.2. The molecule has 0 aliphatic heterocycles. The molecule has 0 spiro atoms. The normalized spacial score (nSPS) is 14.4. The number of benzene rings is 11. The second-order valence-electron chi connectivity index (χ2n) is 19.2. The van der Waals surface area contributed by atoms with Gasteiger partial charge in [0, 0.05) is 45.2 Å². The maximum Gasteiger partial charge on any atom is 0.160 e. The molecule has 0 saturated heterocycles. The van der Waals surface area contributed by atoms with E-state index in [1.165, 1.54) is 76.5 Å². The van der Waals surface area contributed by atoms with E-state index in [4.69, 9.17) is 19.9 Å². The molecule has 0 N–H and O–H groups in total. The minimum atomic E-state index is 0.0301. The van der Waals surface area contributed by atoms with Crippen LogP contribution in [0.15, 0.2) is 243 Å². The molecule has 3 aliphatic carbocycles. The SMILES string of the molecule is c1ccc(-c2cc(-c3cc4ccccc4c4ccccc34)nc(-c3ccc4c(c3)C3c5ccccc5C4c4cc(-c5nc(-c6ccccc6)cc(-c6cc7ccccc7c7ccccc67)n5)ccc43)n2)cc1. The molecule has 334 valence electrons. The maximum atomic E-state index is 5.47. The second kappa shape index (κ2) is 16.1. The van der Waals surface area contributed by atoms with Gasteiger partial charge < -0.3 is 0 Å². The summed E-state index contributed by atoms with van der Waals surface area (Å²) in [4.78, 5) is 21.6. The van der Waals surface area contributed by atoms with Gasteiger partial charge in [0.2, 0.25) is 0 Å². The Morgan fingerprint density at radius 3 is 1.01 bits per heavy atom. The maximum absolute atomic E-state index is 5.47. The number of nitrogens with zero attached hydrogens (tertiary/aromatic N) is 4. The van der Waals surface area contributed by atoms with E-state index >= 15 is 0 Å². The molecule has 11 aromatic carbocycles. The molecule has 0 saturated carbocycles. The van der Waals surface area contributed by atoms with Gasteiger partial charge in [-0.05, 0) is 113 Å². The largest absolute Gasteiger partial charge is 0.228 e. The van der Waals surface area contributed by atoms with E-state index in [0.717, 1.165) is 56.2 Å². The van der Waals surface area contributed by atoms with Gasteiger partial charge in [0.15, 0.2) is 11.6 Å². The summed E-state index contributed by atoms with van der Waals surface area (Å²) >= 11 is 0. The zero-order valence-corrected chi connectivity index (χ0v) is 39.0. The van der Waals surface area contributed by atoms with Crippen molar-refractivity contribution < 1.29 is 0 Å². The van der Waals surface area contributed by atoms with E-state index in [1.807, 2.05) is 0 Å². The number of hydrogen-bond acceptors (Lipinski definition) is 4. The van der Waals surface area contributed by atoms with Gasteiger partial charge in [-0.2, -0.15) is 0 Å². The highest BCUT2D eigenvalue weighted by Crippen LogP contribution is 2.57. The molecular formula is C68H42N4. The van der Waals surface area contributed by atoms with E-state index in [2.05, 4.69) is 243 Å². The van der Waals surface area contributed by atoms with E-state index < -0.39 is 0 Å². The van der Waals surface area contributed by atoms with E-state index in [1.54, 1.807) is 0 Å². The summed E-state index contributed by atoms with van der Waals surface area (Å²) < 4.78 is 0. The van der Waals surface area contributed by atoms with Crippen LogP contribution in [0.1, 0.15) is 45.2 Å². The van der Waals surface area contributed by atoms with Crippen molar-refractivity contribution in [2.75, 3.05) is 0 Å². The van der Waals surface area contributed by atoms with Crippen LogP contribution in [0.25, 0.3) is 111 Å². The minimum absolute atomic E-state index is 0.0301. The van der Waals surface area contributed by atoms with Crippen LogP contribution in [0, 0.1) is 0 Å². The predicted molar refractivity (Wildman–Crippen MR) is 295 cm³/mol. The highest BCUT2D eigenvalue weighted by Gasteiger charge is 2.41. The third kappa shape index (κ3) is 6.39. The van der Waals surface area contributed by atoms with Crippen LogP contribution in [0.2, 0.25) is 0 Å². The standard InChI is InChI=1S/C68H42N4/c1-3-17-41(18-4-1)61-39-63(57-35-43-21-7-9-23-47(43)49-25-11-13-27-51(49)57)71-67(69-61)45-31-33-55-59(37-45)65-53-29-15-16-30-54(53)66(55)60-38-46(32-34-56(60)65)68-70-62(42-19-5-2-6-20-42)40-64(72-68)58-36-44-22-8-10-24-48(44)50-26-12-14-28-52(50)58/h1-40,65-66H. The van der Waals surface area contributed by atoms with Gasteiger partial charge in [-0.3, -0.25) is 0 Å². The quantitative estimate of drug-likeness (QED) is 0.156. The summed E-state index contributed by atoms with van der Waals surface area (Å²) in [6, 6.07) is 87.4. The zero-order valence-electron chi connectivity index (χ0n) is 39.0. The van der Waals surface area contributed by atoms with Crippen LogP contribution in [0.5, 0.6) is 0 Å². The summed E-state index contributed by atoms with van der Waals surface area (Å²) in [6.45, 7) is 0. The van der Waals surface area contributed by atoms with Crippen molar-refractivity contribution >= 4 is 43.1 Å². The fourth-order valence-electron chi connectivity index (χ4n) is 12.0. The molecule has 2 unspecified atom stereocenters. The molecule has 2 bridgehead atoms. The first kappa shape index (κ1) is 40.5. The molecule has 13 aromatic rings. The fourth-order valence-corrected chi connectivity index (χ4v) is 12.0. The average Bonchev–Trinajstić information content (AvgIpc) is 3.46. The number of aromatic nitrogens is 4. The van der Waals surface area contributed by atoms with Gasteiger partial charge in [0.25, 0.3) is 0 Å². The Hall–Kier alpha value is -9.38. The molecule has 4 heteroatoms. The monoisotopic (exact) mass is 914 g/mol. The molecule has 72 heavy (non-hydrogen) atoms. The number of rotatable bonds is 6. The molecule has 16 rings (SSSR count). The molecular weight excluding hydrogens is 873 g/mol. The zero-order chi connectivity index (χ0) is 47.3. The summed E-state index contributed by atoms with van der Waals surface area (Å²) in [5, 5.41) is 9.62. The van der Waals surface area contributed by atoms with Crippen molar-refractivity contribution in [2.24, 2.45) is 0 Å². The molecule has 2 aromatic heterocycles. The lowest BCUT2D eigenvalue weighted by Crippen LogP contribution is -2.27. The van der Waals surface area contributed by atoms with Gasteiger partial charge in [-0.1, -0.05) is 206 Å². The van der Waals surface area contributed by atoms with Gasteiger partial charge in [-0.15, -0.1) is 0 Å². The topological polar surface area (TPSA) is 51.6 Å². The lowest BCUT2D eigenvalue weighted by molar-refractivity contribution is 0.754. The first-order chi connectivity index (χ1) is 35.7. The van der Waals surface area contributed by atoms with Crippen LogP contribution in [0.3, 0.4) is 0 Å². The number of fused-ring (bicyclic) bond motifs is 6. The summed E-state index contributed by atoms with van der Waals surface area (Å²) in [5.41, 5.74) is 17.8. The molecule has 0 radical (unpaired) electrons. The summed E-state index contributed by atoms with van der Waals surface area (Å²) in [7, 11) is 0. The van der Waals surface area contributed by atoms with Crippen LogP contribution < -0.4 is 0 Å².